The number of likely N-dealkylation sites (N-methyl/N-ethyl adjacent to an activating group) is 1. The number of hydrogen-bond donors (Lipinski definition) is 1. The van der Waals surface area contributed by atoms with Gasteiger partial charge in [0.15, 0.2) is 0 Å². The van der Waals surface area contributed by atoms with Crippen LogP contribution in [-0.4, -0.2) is 40.6 Å². The Morgan fingerprint density at radius 1 is 1.13 bits per heavy atom. The van der Waals surface area contributed by atoms with Gasteiger partial charge in [0.05, 0.1) is 17.4 Å². The zero-order chi connectivity index (χ0) is 27.9. The Bertz CT molecular complexity index is 1220. The van der Waals surface area contributed by atoms with Crippen molar-refractivity contribution in [2.24, 2.45) is 0 Å². The standard InChI is InChI=1S/C14H22N2.C10H10N2.C9H11F/c1-5-8-13(6-2)11-15-12(3)14-9-7-10-16(14)4;1-2-7-12-8-11-9-5-3-4-6-10(9)12;1-7(2)8-5-3-4-6-9(8)10/h5-6,8,14-15H,1-3,7,9-11H2,4H3;2-6,8H,1,7H2;3-7H,1-2H3/b13-8+;;. The van der Waals surface area contributed by atoms with Crippen LogP contribution in [0.25, 0.3) is 11.0 Å². The topological polar surface area (TPSA) is 33.1 Å². The van der Waals surface area contributed by atoms with E-state index in [9.17, 15) is 4.39 Å². The average molecular weight is 515 g/mol. The quantitative estimate of drug-likeness (QED) is 0.235. The molecule has 5 heteroatoms. The Kier molecular flexibility index (Phi) is 13.0. The molecule has 38 heavy (non-hydrogen) atoms. The van der Waals surface area contributed by atoms with Gasteiger partial charge >= 0.3 is 0 Å². The van der Waals surface area contributed by atoms with E-state index >= 15 is 0 Å². The minimum Gasteiger partial charge on any atom is -0.383 e. The van der Waals surface area contributed by atoms with E-state index in [4.69, 9.17) is 0 Å². The van der Waals surface area contributed by atoms with Crippen LogP contribution in [0, 0.1) is 5.82 Å². The molecule has 1 fully saturated rings. The van der Waals surface area contributed by atoms with Gasteiger partial charge in [-0.05, 0) is 61.7 Å². The number of nitrogens with zero attached hydrogens (tertiary/aromatic N) is 3. The maximum atomic E-state index is 12.8. The lowest BCUT2D eigenvalue weighted by atomic mass is 10.0. The molecule has 1 aromatic heterocycles. The number of fused-ring (bicyclic) bond motifs is 1. The number of imidazole rings is 1. The maximum Gasteiger partial charge on any atom is 0.126 e. The fourth-order valence-corrected chi connectivity index (χ4v) is 4.27. The van der Waals surface area contributed by atoms with Crippen LogP contribution in [-0.2, 0) is 6.54 Å². The number of halogens is 1. The second-order valence-corrected chi connectivity index (χ2v) is 9.55. The largest absolute Gasteiger partial charge is 0.383 e. The summed E-state index contributed by atoms with van der Waals surface area (Å²) >= 11 is 0. The van der Waals surface area contributed by atoms with Crippen molar-refractivity contribution in [3.05, 3.63) is 128 Å². The predicted molar refractivity (Wildman–Crippen MR) is 162 cm³/mol. The third-order valence-corrected chi connectivity index (χ3v) is 6.42. The van der Waals surface area contributed by atoms with Crippen LogP contribution in [0.4, 0.5) is 4.39 Å². The minimum absolute atomic E-state index is 0.0995. The SMILES string of the molecule is C=C/C=C(\C=C)CNC(=C)C1CCCN1C.C=CCn1cnc2ccccc21.CC(C)c1ccccc1F. The van der Waals surface area contributed by atoms with E-state index in [2.05, 4.69) is 59.2 Å². The predicted octanol–water partition coefficient (Wildman–Crippen LogP) is 7.65. The first-order valence-corrected chi connectivity index (χ1v) is 13.1. The summed E-state index contributed by atoms with van der Waals surface area (Å²) in [5.41, 5.74) is 5.24. The molecule has 1 atom stereocenters. The van der Waals surface area contributed by atoms with Crippen LogP contribution < -0.4 is 5.32 Å². The lowest BCUT2D eigenvalue weighted by Crippen LogP contribution is -2.33. The first-order chi connectivity index (χ1) is 18.3. The van der Waals surface area contributed by atoms with E-state index in [1.54, 1.807) is 12.1 Å². The number of hydrogen-bond acceptors (Lipinski definition) is 3. The van der Waals surface area contributed by atoms with Crippen molar-refractivity contribution in [2.75, 3.05) is 20.1 Å². The third kappa shape index (κ3) is 9.31. The normalized spacial score (nSPS) is 15.2. The van der Waals surface area contributed by atoms with Crippen LogP contribution in [0.2, 0.25) is 0 Å². The average Bonchev–Trinajstić information content (AvgIpc) is 3.53. The van der Waals surface area contributed by atoms with Gasteiger partial charge in [0.1, 0.15) is 5.82 Å². The molecule has 1 saturated heterocycles. The summed E-state index contributed by atoms with van der Waals surface area (Å²) in [5.74, 6) is 0.179. The van der Waals surface area contributed by atoms with E-state index in [1.165, 1.54) is 25.5 Å². The van der Waals surface area contributed by atoms with Gasteiger partial charge in [0.25, 0.3) is 0 Å². The van der Waals surface area contributed by atoms with Gasteiger partial charge in [-0.15, -0.1) is 6.58 Å². The molecule has 4 rings (SSSR count). The van der Waals surface area contributed by atoms with E-state index < -0.39 is 0 Å². The molecule has 1 aliphatic rings. The van der Waals surface area contributed by atoms with Crippen molar-refractivity contribution in [3.8, 4) is 0 Å². The molecule has 1 unspecified atom stereocenters. The Morgan fingerprint density at radius 3 is 2.42 bits per heavy atom. The monoisotopic (exact) mass is 514 g/mol. The lowest BCUT2D eigenvalue weighted by molar-refractivity contribution is 0.335. The van der Waals surface area contributed by atoms with E-state index in [0.29, 0.717) is 6.04 Å². The molecular formula is C33H43FN4. The van der Waals surface area contributed by atoms with Gasteiger partial charge < -0.3 is 9.88 Å². The Labute approximate surface area is 228 Å². The summed E-state index contributed by atoms with van der Waals surface area (Å²) in [5, 5.41) is 3.37. The summed E-state index contributed by atoms with van der Waals surface area (Å²) in [6, 6.07) is 15.4. The second-order valence-electron chi connectivity index (χ2n) is 9.55. The van der Waals surface area contributed by atoms with Gasteiger partial charge in [-0.3, -0.25) is 4.90 Å². The van der Waals surface area contributed by atoms with Crippen molar-refractivity contribution in [3.63, 3.8) is 0 Å². The fraction of sp³-hybridized carbons (Fsp3) is 0.303. The zero-order valence-electron chi connectivity index (χ0n) is 23.2. The van der Waals surface area contributed by atoms with Gasteiger partial charge in [0, 0.05) is 24.8 Å². The highest BCUT2D eigenvalue weighted by Gasteiger charge is 2.23. The molecule has 0 radical (unpaired) electrons. The number of nitrogens with one attached hydrogen (secondary N) is 1. The van der Waals surface area contributed by atoms with Crippen LogP contribution in [0.1, 0.15) is 38.2 Å². The minimum atomic E-state index is -0.0995. The molecule has 2 aromatic carbocycles. The van der Waals surface area contributed by atoms with E-state index in [1.807, 2.05) is 68.7 Å². The molecule has 202 valence electrons. The fourth-order valence-electron chi connectivity index (χ4n) is 4.27. The second kappa shape index (κ2) is 16.2. The number of aromatic nitrogens is 2. The summed E-state index contributed by atoms with van der Waals surface area (Å²) in [7, 11) is 2.15. The van der Waals surface area contributed by atoms with Crippen molar-refractivity contribution < 1.29 is 4.39 Å². The Hall–Kier alpha value is -3.70. The Morgan fingerprint density at radius 2 is 1.84 bits per heavy atom. The molecule has 0 aliphatic carbocycles. The van der Waals surface area contributed by atoms with Gasteiger partial charge in [-0.25, -0.2) is 9.37 Å². The molecule has 2 heterocycles. The molecular weight excluding hydrogens is 471 g/mol. The molecule has 1 N–H and O–H groups in total. The summed E-state index contributed by atoms with van der Waals surface area (Å²) < 4.78 is 14.9. The number of likely N-dealkylation sites (tertiary alicyclic amines) is 1. The van der Waals surface area contributed by atoms with Crippen molar-refractivity contribution in [2.45, 2.75) is 45.2 Å². The van der Waals surface area contributed by atoms with Crippen molar-refractivity contribution in [1.29, 1.82) is 0 Å². The summed E-state index contributed by atoms with van der Waals surface area (Å²) in [6.07, 6.45) is 11.8. The highest BCUT2D eigenvalue weighted by molar-refractivity contribution is 5.74. The smallest absolute Gasteiger partial charge is 0.126 e. The van der Waals surface area contributed by atoms with Crippen molar-refractivity contribution in [1.82, 2.24) is 19.8 Å². The Balaban J connectivity index is 0.000000206. The van der Waals surface area contributed by atoms with Gasteiger partial charge in [0.2, 0.25) is 0 Å². The van der Waals surface area contributed by atoms with Gasteiger partial charge in [-0.2, -0.15) is 0 Å². The van der Waals surface area contributed by atoms with Gasteiger partial charge in [-0.1, -0.05) is 88.2 Å². The molecule has 3 aromatic rings. The van der Waals surface area contributed by atoms with Crippen LogP contribution in [0.5, 0.6) is 0 Å². The number of rotatable bonds is 9. The van der Waals surface area contributed by atoms with E-state index in [-0.39, 0.29) is 11.7 Å². The molecule has 1 aliphatic heterocycles. The summed E-state index contributed by atoms with van der Waals surface area (Å²) in [4.78, 5) is 6.60. The highest BCUT2D eigenvalue weighted by Crippen LogP contribution is 2.19. The van der Waals surface area contributed by atoms with Crippen molar-refractivity contribution >= 4 is 11.0 Å². The zero-order valence-corrected chi connectivity index (χ0v) is 23.2. The molecule has 4 nitrogen and oxygen atoms in total. The third-order valence-electron chi connectivity index (χ3n) is 6.42. The first kappa shape index (κ1) is 30.5. The van der Waals surface area contributed by atoms with Crippen LogP contribution in [0.3, 0.4) is 0 Å². The molecule has 0 bridgehead atoms. The maximum absolute atomic E-state index is 12.8. The molecule has 0 saturated carbocycles. The van der Waals surface area contributed by atoms with Crippen LogP contribution in [0.15, 0.2) is 117 Å². The van der Waals surface area contributed by atoms with Crippen LogP contribution >= 0.6 is 0 Å². The lowest BCUT2D eigenvalue weighted by Gasteiger charge is -2.23. The first-order valence-electron chi connectivity index (χ1n) is 13.1. The highest BCUT2D eigenvalue weighted by atomic mass is 19.1. The van der Waals surface area contributed by atoms with E-state index in [0.717, 1.165) is 41.0 Å². The molecule has 0 spiro atoms. The molecule has 0 amide bonds. The number of para-hydroxylation sites is 2. The summed E-state index contributed by atoms with van der Waals surface area (Å²) in [6.45, 7) is 22.0. The number of allylic oxidation sites excluding steroid dienone is 3. The number of benzene rings is 2.